The van der Waals surface area contributed by atoms with Crippen LogP contribution in [0.2, 0.25) is 0 Å². The molecule has 176 valence electrons. The van der Waals surface area contributed by atoms with Gasteiger partial charge < -0.3 is 4.74 Å². The predicted octanol–water partition coefficient (Wildman–Crippen LogP) is 9.48. The molecule has 0 saturated heterocycles. The summed E-state index contributed by atoms with van der Waals surface area (Å²) in [5.41, 5.74) is 0.271. The van der Waals surface area contributed by atoms with E-state index in [-0.39, 0.29) is 5.60 Å². The van der Waals surface area contributed by atoms with Crippen molar-refractivity contribution in [3.63, 3.8) is 0 Å². The summed E-state index contributed by atoms with van der Waals surface area (Å²) in [6.07, 6.45) is 30.9. The molecular weight excluding hydrogens is 364 g/mol. The van der Waals surface area contributed by atoms with Crippen molar-refractivity contribution in [2.75, 3.05) is 6.61 Å². The van der Waals surface area contributed by atoms with Crippen molar-refractivity contribution in [3.05, 3.63) is 0 Å². The Morgan fingerprint density at radius 2 is 1.13 bits per heavy atom. The Kier molecular flexibility index (Phi) is 11.1. The molecule has 3 rings (SSSR count). The molecule has 0 aromatic heterocycles. The van der Waals surface area contributed by atoms with E-state index < -0.39 is 0 Å². The molecule has 0 N–H and O–H groups in total. The van der Waals surface area contributed by atoms with Gasteiger partial charge in [0.15, 0.2) is 0 Å². The van der Waals surface area contributed by atoms with Crippen molar-refractivity contribution >= 4 is 0 Å². The van der Waals surface area contributed by atoms with Crippen molar-refractivity contribution in [1.29, 1.82) is 0 Å². The first-order valence-electron chi connectivity index (χ1n) is 14.4. The van der Waals surface area contributed by atoms with Gasteiger partial charge in [0.25, 0.3) is 0 Å². The third kappa shape index (κ3) is 7.53. The van der Waals surface area contributed by atoms with Crippen molar-refractivity contribution in [2.45, 2.75) is 154 Å². The summed E-state index contributed by atoms with van der Waals surface area (Å²) < 4.78 is 6.46. The van der Waals surface area contributed by atoms with Gasteiger partial charge in [0.2, 0.25) is 0 Å². The van der Waals surface area contributed by atoms with Crippen molar-refractivity contribution in [3.8, 4) is 0 Å². The van der Waals surface area contributed by atoms with E-state index in [0.717, 1.165) is 30.3 Å². The number of ether oxygens (including phenoxy) is 1. The molecule has 0 bridgehead atoms. The van der Waals surface area contributed by atoms with Gasteiger partial charge in [0, 0.05) is 6.61 Å². The van der Waals surface area contributed by atoms with Crippen LogP contribution in [0.5, 0.6) is 0 Å². The molecule has 30 heavy (non-hydrogen) atoms. The van der Waals surface area contributed by atoms with E-state index >= 15 is 0 Å². The molecule has 3 aliphatic rings. The zero-order valence-corrected chi connectivity index (χ0v) is 20.8. The minimum Gasteiger partial charge on any atom is -0.375 e. The minimum absolute atomic E-state index is 0.271. The summed E-state index contributed by atoms with van der Waals surface area (Å²) in [6.45, 7) is 5.45. The second-order valence-corrected chi connectivity index (χ2v) is 11.4. The van der Waals surface area contributed by atoms with Crippen LogP contribution in [0.15, 0.2) is 0 Å². The maximum absolute atomic E-state index is 6.46. The highest BCUT2D eigenvalue weighted by atomic mass is 16.5. The number of hydrogen-bond acceptors (Lipinski definition) is 1. The summed E-state index contributed by atoms with van der Waals surface area (Å²) in [5, 5.41) is 0. The highest BCUT2D eigenvalue weighted by Crippen LogP contribution is 2.46. The van der Waals surface area contributed by atoms with Gasteiger partial charge in [-0.15, -0.1) is 0 Å². The predicted molar refractivity (Wildman–Crippen MR) is 131 cm³/mol. The third-order valence-corrected chi connectivity index (χ3v) is 9.39. The molecule has 0 atom stereocenters. The number of hydrogen-bond donors (Lipinski definition) is 0. The first kappa shape index (κ1) is 24.6. The van der Waals surface area contributed by atoms with Crippen molar-refractivity contribution in [1.82, 2.24) is 0 Å². The molecule has 0 heterocycles. The lowest BCUT2D eigenvalue weighted by molar-refractivity contribution is -0.117. The van der Waals surface area contributed by atoms with E-state index in [9.17, 15) is 0 Å². The molecule has 0 spiro atoms. The van der Waals surface area contributed by atoms with E-state index in [0.29, 0.717) is 0 Å². The second-order valence-electron chi connectivity index (χ2n) is 11.4. The van der Waals surface area contributed by atoms with Crippen LogP contribution in [0.25, 0.3) is 0 Å². The maximum atomic E-state index is 6.46. The number of unbranched alkanes of at least 4 members (excludes halogenated alkanes) is 4. The molecule has 3 fully saturated rings. The molecule has 1 heteroatoms. The van der Waals surface area contributed by atoms with Gasteiger partial charge in [-0.25, -0.2) is 0 Å². The van der Waals surface area contributed by atoms with Crippen LogP contribution in [0, 0.1) is 23.7 Å². The Morgan fingerprint density at radius 3 is 1.70 bits per heavy atom. The summed E-state index contributed by atoms with van der Waals surface area (Å²) in [5.74, 6) is 4.03. The van der Waals surface area contributed by atoms with E-state index in [1.807, 2.05) is 0 Å². The zero-order valence-electron chi connectivity index (χ0n) is 20.8. The fourth-order valence-corrected chi connectivity index (χ4v) is 7.40. The Balaban J connectivity index is 1.28. The molecule has 0 unspecified atom stereocenters. The summed E-state index contributed by atoms with van der Waals surface area (Å²) in [7, 11) is 0. The first-order chi connectivity index (χ1) is 14.8. The summed E-state index contributed by atoms with van der Waals surface area (Å²) in [4.78, 5) is 0. The average molecular weight is 419 g/mol. The van der Waals surface area contributed by atoms with Gasteiger partial charge in [-0.2, -0.15) is 0 Å². The Labute approximate surface area is 189 Å². The lowest BCUT2D eigenvalue weighted by Gasteiger charge is -2.46. The topological polar surface area (TPSA) is 9.23 Å². The average Bonchev–Trinajstić information content (AvgIpc) is 2.79. The molecular formula is C29H54O. The van der Waals surface area contributed by atoms with Crippen LogP contribution in [0.1, 0.15) is 149 Å². The van der Waals surface area contributed by atoms with Crippen LogP contribution in [0.4, 0.5) is 0 Å². The van der Waals surface area contributed by atoms with E-state index in [2.05, 4.69) is 13.8 Å². The van der Waals surface area contributed by atoms with Crippen LogP contribution >= 0.6 is 0 Å². The summed E-state index contributed by atoms with van der Waals surface area (Å²) in [6, 6.07) is 0. The van der Waals surface area contributed by atoms with Gasteiger partial charge in [0.05, 0.1) is 5.60 Å². The van der Waals surface area contributed by atoms with Gasteiger partial charge >= 0.3 is 0 Å². The monoisotopic (exact) mass is 418 g/mol. The molecule has 0 aromatic rings. The molecule has 3 saturated carbocycles. The Morgan fingerprint density at radius 1 is 0.600 bits per heavy atom. The molecule has 0 amide bonds. The summed E-state index contributed by atoms with van der Waals surface area (Å²) >= 11 is 0. The number of rotatable bonds is 12. The zero-order chi connectivity index (χ0) is 21.1. The van der Waals surface area contributed by atoms with Gasteiger partial charge in [-0.1, -0.05) is 116 Å². The third-order valence-electron chi connectivity index (χ3n) is 9.39. The molecule has 0 radical (unpaired) electrons. The van der Waals surface area contributed by atoms with Crippen LogP contribution < -0.4 is 0 Å². The van der Waals surface area contributed by atoms with E-state index in [1.54, 1.807) is 25.7 Å². The fourth-order valence-electron chi connectivity index (χ4n) is 7.40. The van der Waals surface area contributed by atoms with Gasteiger partial charge in [-0.05, 0) is 56.3 Å². The van der Waals surface area contributed by atoms with Crippen LogP contribution in [-0.4, -0.2) is 12.2 Å². The van der Waals surface area contributed by atoms with Crippen molar-refractivity contribution in [2.24, 2.45) is 23.7 Å². The largest absolute Gasteiger partial charge is 0.375 e. The Hall–Kier alpha value is -0.0400. The maximum Gasteiger partial charge on any atom is 0.0710 e. The molecule has 0 aromatic carbocycles. The second kappa shape index (κ2) is 13.5. The van der Waals surface area contributed by atoms with E-state index in [1.165, 1.54) is 109 Å². The normalized spacial score (nSPS) is 32.2. The highest BCUT2D eigenvalue weighted by molar-refractivity contribution is 4.93. The molecule has 3 aliphatic carbocycles. The van der Waals surface area contributed by atoms with Crippen LogP contribution in [0.3, 0.4) is 0 Å². The lowest BCUT2D eigenvalue weighted by Crippen LogP contribution is -2.44. The van der Waals surface area contributed by atoms with Crippen LogP contribution in [-0.2, 0) is 4.74 Å². The minimum atomic E-state index is 0.271. The van der Waals surface area contributed by atoms with Crippen molar-refractivity contribution < 1.29 is 4.74 Å². The first-order valence-corrected chi connectivity index (χ1v) is 14.4. The van der Waals surface area contributed by atoms with Gasteiger partial charge in [-0.3, -0.25) is 0 Å². The van der Waals surface area contributed by atoms with E-state index in [4.69, 9.17) is 4.74 Å². The molecule has 1 nitrogen and oxygen atoms in total. The molecule has 0 aliphatic heterocycles. The smallest absolute Gasteiger partial charge is 0.0710 e. The Bertz CT molecular complexity index is 416. The van der Waals surface area contributed by atoms with Gasteiger partial charge in [0.1, 0.15) is 0 Å². The lowest BCUT2D eigenvalue weighted by atomic mass is 9.67. The fraction of sp³-hybridized carbons (Fsp3) is 1.00. The SMILES string of the molecule is CCCCCCCC1CCC(CCC2CCC(C3(OCC)CCCCC3)CC2)CC1. The highest BCUT2D eigenvalue weighted by Gasteiger charge is 2.41. The quantitative estimate of drug-likeness (QED) is 0.287. The standard InChI is InChI=1S/C29H54O/c1-3-5-6-7-9-12-25-13-15-26(16-14-25)17-18-27-19-21-28(22-20-27)29(30-4-2)23-10-8-11-24-29/h25-28H,3-24H2,1-2H3.